The monoisotopic (exact) mass is 343 g/mol. The smallest absolute Gasteiger partial charge is 0.274 e. The van der Waals surface area contributed by atoms with Gasteiger partial charge < -0.3 is 10.1 Å². The number of carbonyl (C=O) groups excluding carboxylic acids is 1. The molecular formula is C18H18ClN3O2. The lowest BCUT2D eigenvalue weighted by molar-refractivity contribution is 0.102. The summed E-state index contributed by atoms with van der Waals surface area (Å²) in [7, 11) is 0. The molecule has 1 N–H and O–H groups in total. The van der Waals surface area contributed by atoms with Crippen molar-refractivity contribution in [3.8, 4) is 5.75 Å². The number of hydrogen-bond donors (Lipinski definition) is 1. The van der Waals surface area contributed by atoms with Crippen LogP contribution in [0.25, 0.3) is 5.65 Å². The third kappa shape index (κ3) is 3.21. The van der Waals surface area contributed by atoms with E-state index < -0.39 is 0 Å². The summed E-state index contributed by atoms with van der Waals surface area (Å²) in [6.07, 6.45) is 2.42. The number of amides is 1. The second-order valence-electron chi connectivity index (χ2n) is 5.25. The number of nitrogens with one attached hydrogen (secondary N) is 1. The second-order valence-corrected chi connectivity index (χ2v) is 5.68. The van der Waals surface area contributed by atoms with Crippen LogP contribution in [-0.2, 0) is 6.42 Å². The molecule has 0 radical (unpaired) electrons. The highest BCUT2D eigenvalue weighted by molar-refractivity contribution is 6.30. The van der Waals surface area contributed by atoms with Gasteiger partial charge in [-0.3, -0.25) is 9.20 Å². The number of imidazole rings is 1. The van der Waals surface area contributed by atoms with Crippen LogP contribution in [0, 0.1) is 0 Å². The molecular weight excluding hydrogens is 326 g/mol. The third-order valence-electron chi connectivity index (χ3n) is 3.63. The van der Waals surface area contributed by atoms with Crippen molar-refractivity contribution in [1.82, 2.24) is 9.38 Å². The number of benzene rings is 1. The van der Waals surface area contributed by atoms with Gasteiger partial charge in [-0.15, -0.1) is 0 Å². The van der Waals surface area contributed by atoms with Crippen LogP contribution in [-0.4, -0.2) is 21.9 Å². The van der Waals surface area contributed by atoms with E-state index in [9.17, 15) is 4.79 Å². The number of ether oxygens (including phenoxy) is 1. The van der Waals surface area contributed by atoms with Crippen molar-refractivity contribution in [2.24, 2.45) is 0 Å². The zero-order chi connectivity index (χ0) is 17.1. The molecule has 5 nitrogen and oxygen atoms in total. The zero-order valence-corrected chi connectivity index (χ0v) is 14.3. The highest BCUT2D eigenvalue weighted by atomic mass is 35.5. The molecule has 2 aromatic heterocycles. The summed E-state index contributed by atoms with van der Waals surface area (Å²) < 4.78 is 7.16. The summed E-state index contributed by atoms with van der Waals surface area (Å²) >= 11 is 6.01. The Bertz CT molecular complexity index is 872. The molecule has 0 atom stereocenters. The Morgan fingerprint density at radius 2 is 2.00 bits per heavy atom. The van der Waals surface area contributed by atoms with Crippen molar-refractivity contribution in [2.75, 3.05) is 11.9 Å². The van der Waals surface area contributed by atoms with Crippen molar-refractivity contribution in [3.05, 3.63) is 59.0 Å². The predicted molar refractivity (Wildman–Crippen MR) is 95.1 cm³/mol. The summed E-state index contributed by atoms with van der Waals surface area (Å²) in [6.45, 7) is 4.51. The van der Waals surface area contributed by atoms with E-state index in [1.54, 1.807) is 22.7 Å². The minimum atomic E-state index is -0.203. The van der Waals surface area contributed by atoms with Crippen LogP contribution >= 0.6 is 11.6 Å². The lowest BCUT2D eigenvalue weighted by atomic mass is 10.2. The quantitative estimate of drug-likeness (QED) is 0.755. The van der Waals surface area contributed by atoms with Crippen LogP contribution in [0.3, 0.4) is 0 Å². The normalized spacial score (nSPS) is 10.8. The minimum Gasteiger partial charge on any atom is -0.494 e. The maximum Gasteiger partial charge on any atom is 0.274 e. The predicted octanol–water partition coefficient (Wildman–Crippen LogP) is 4.20. The van der Waals surface area contributed by atoms with Gasteiger partial charge in [-0.25, -0.2) is 4.98 Å². The molecule has 0 spiro atoms. The molecule has 24 heavy (non-hydrogen) atoms. The van der Waals surface area contributed by atoms with Crippen molar-refractivity contribution < 1.29 is 9.53 Å². The molecule has 1 amide bonds. The van der Waals surface area contributed by atoms with E-state index in [0.717, 1.165) is 11.4 Å². The van der Waals surface area contributed by atoms with E-state index in [2.05, 4.69) is 10.3 Å². The molecule has 0 aliphatic rings. The Balaban J connectivity index is 1.90. The van der Waals surface area contributed by atoms with Crippen LogP contribution in [0.1, 0.15) is 30.0 Å². The number of nitrogens with zero attached hydrogens (tertiary/aromatic N) is 2. The summed E-state index contributed by atoms with van der Waals surface area (Å²) in [6, 6.07) is 10.8. The molecule has 1 aromatic carbocycles. The van der Waals surface area contributed by atoms with Gasteiger partial charge in [0, 0.05) is 23.0 Å². The highest BCUT2D eigenvalue weighted by Crippen LogP contribution is 2.20. The van der Waals surface area contributed by atoms with Crippen LogP contribution in [0.4, 0.5) is 5.69 Å². The Labute approximate surface area is 145 Å². The van der Waals surface area contributed by atoms with Gasteiger partial charge in [0.2, 0.25) is 0 Å². The van der Waals surface area contributed by atoms with E-state index in [-0.39, 0.29) is 5.91 Å². The molecule has 0 fully saturated rings. The van der Waals surface area contributed by atoms with Crippen LogP contribution in [0.2, 0.25) is 5.02 Å². The van der Waals surface area contributed by atoms with E-state index >= 15 is 0 Å². The van der Waals surface area contributed by atoms with E-state index in [4.69, 9.17) is 16.3 Å². The number of rotatable bonds is 5. The first-order valence-electron chi connectivity index (χ1n) is 7.83. The van der Waals surface area contributed by atoms with Crippen LogP contribution < -0.4 is 10.1 Å². The first kappa shape index (κ1) is 16.3. The fraction of sp³-hybridized carbons (Fsp3) is 0.222. The van der Waals surface area contributed by atoms with Crippen molar-refractivity contribution >= 4 is 28.8 Å². The number of aryl methyl sites for hydroxylation is 1. The zero-order valence-electron chi connectivity index (χ0n) is 13.5. The van der Waals surface area contributed by atoms with Crippen molar-refractivity contribution in [1.29, 1.82) is 0 Å². The average Bonchev–Trinajstić information content (AvgIpc) is 2.94. The summed E-state index contributed by atoms with van der Waals surface area (Å²) in [5.74, 6) is 0.569. The van der Waals surface area contributed by atoms with Gasteiger partial charge in [-0.1, -0.05) is 18.5 Å². The molecule has 6 heteroatoms. The number of halogens is 1. The van der Waals surface area contributed by atoms with Crippen LogP contribution in [0.15, 0.2) is 42.6 Å². The second kappa shape index (κ2) is 6.93. The van der Waals surface area contributed by atoms with E-state index in [0.29, 0.717) is 35.1 Å². The number of aromatic nitrogens is 2. The molecule has 0 aliphatic heterocycles. The van der Waals surface area contributed by atoms with Crippen molar-refractivity contribution in [3.63, 3.8) is 0 Å². The topological polar surface area (TPSA) is 55.6 Å². The van der Waals surface area contributed by atoms with Gasteiger partial charge in [0.15, 0.2) is 0 Å². The van der Waals surface area contributed by atoms with E-state index in [1.165, 1.54) is 0 Å². The highest BCUT2D eigenvalue weighted by Gasteiger charge is 2.18. The molecule has 0 bridgehead atoms. The third-order valence-corrected chi connectivity index (χ3v) is 3.87. The average molecular weight is 344 g/mol. The fourth-order valence-electron chi connectivity index (χ4n) is 2.55. The summed E-state index contributed by atoms with van der Waals surface area (Å²) in [4.78, 5) is 17.2. The first-order valence-corrected chi connectivity index (χ1v) is 8.20. The Morgan fingerprint density at radius 1 is 1.25 bits per heavy atom. The van der Waals surface area contributed by atoms with Gasteiger partial charge in [0.25, 0.3) is 5.91 Å². The van der Waals surface area contributed by atoms with Gasteiger partial charge in [-0.2, -0.15) is 0 Å². The summed E-state index contributed by atoms with van der Waals surface area (Å²) in [5.41, 5.74) is 2.63. The van der Waals surface area contributed by atoms with Gasteiger partial charge in [-0.05, 0) is 43.7 Å². The van der Waals surface area contributed by atoms with Gasteiger partial charge >= 0.3 is 0 Å². The number of carbonyl (C=O) groups is 1. The Kier molecular flexibility index (Phi) is 4.71. The largest absolute Gasteiger partial charge is 0.494 e. The molecule has 3 rings (SSSR count). The lowest BCUT2D eigenvalue weighted by Gasteiger charge is -2.08. The number of fused-ring (bicyclic) bond motifs is 1. The molecule has 0 saturated heterocycles. The standard InChI is InChI=1S/C18H18ClN3O2/c1-3-15-17(22-10-9-12(19)11-16(22)21-15)18(23)20-13-5-7-14(8-6-13)24-4-2/h5-11H,3-4H2,1-2H3,(H,20,23). The number of hydrogen-bond acceptors (Lipinski definition) is 3. The molecule has 124 valence electrons. The Hall–Kier alpha value is -2.53. The molecule has 3 aromatic rings. The van der Waals surface area contributed by atoms with Crippen LogP contribution in [0.5, 0.6) is 5.75 Å². The summed E-state index contributed by atoms with van der Waals surface area (Å²) in [5, 5.41) is 3.50. The molecule has 2 heterocycles. The Morgan fingerprint density at radius 3 is 2.67 bits per heavy atom. The molecule has 0 saturated carbocycles. The first-order chi connectivity index (χ1) is 11.6. The molecule has 0 unspecified atom stereocenters. The van der Waals surface area contributed by atoms with Gasteiger partial charge in [0.05, 0.1) is 12.3 Å². The van der Waals surface area contributed by atoms with Crippen molar-refractivity contribution in [2.45, 2.75) is 20.3 Å². The minimum absolute atomic E-state index is 0.203. The SMILES string of the molecule is CCOc1ccc(NC(=O)c2c(CC)nc3cc(Cl)ccn23)cc1. The maximum atomic E-state index is 12.7. The molecule has 0 aliphatic carbocycles. The van der Waals surface area contributed by atoms with E-state index in [1.807, 2.05) is 38.1 Å². The fourth-order valence-corrected chi connectivity index (χ4v) is 2.70. The van der Waals surface area contributed by atoms with Gasteiger partial charge in [0.1, 0.15) is 17.1 Å². The maximum absolute atomic E-state index is 12.7. The lowest BCUT2D eigenvalue weighted by Crippen LogP contribution is -2.16. The number of anilines is 1. The number of pyridine rings is 1.